The lowest BCUT2D eigenvalue weighted by Gasteiger charge is -2.19. The van der Waals surface area contributed by atoms with Gasteiger partial charge < -0.3 is 9.84 Å². The number of hydrogen-bond acceptors (Lipinski definition) is 3. The molecule has 4 heteroatoms. The van der Waals surface area contributed by atoms with Gasteiger partial charge >= 0.3 is 11.9 Å². The molecule has 0 fully saturated rings. The molecule has 1 unspecified atom stereocenters. The van der Waals surface area contributed by atoms with Crippen LogP contribution < -0.4 is 0 Å². The van der Waals surface area contributed by atoms with E-state index in [1.807, 2.05) is 30.3 Å². The van der Waals surface area contributed by atoms with Crippen LogP contribution >= 0.6 is 0 Å². The van der Waals surface area contributed by atoms with Crippen LogP contribution in [0.3, 0.4) is 0 Å². The zero-order chi connectivity index (χ0) is 14.4. The third kappa shape index (κ3) is 4.58. The predicted molar refractivity (Wildman–Crippen MR) is 71.3 cm³/mol. The smallest absolute Gasteiger partial charge is 0.314 e. The molecule has 2 atom stereocenters. The van der Waals surface area contributed by atoms with Crippen LogP contribution in [0.25, 0.3) is 0 Å². The first kappa shape index (κ1) is 15.0. The van der Waals surface area contributed by atoms with Crippen LogP contribution in [-0.2, 0) is 20.7 Å². The number of carboxylic acids is 1. The Balaban J connectivity index is 2.80. The molecule has 0 saturated heterocycles. The topological polar surface area (TPSA) is 63.6 Å². The van der Waals surface area contributed by atoms with Crippen molar-refractivity contribution in [2.45, 2.75) is 20.3 Å². The summed E-state index contributed by atoms with van der Waals surface area (Å²) >= 11 is 0. The first-order valence-electron chi connectivity index (χ1n) is 6.05. The van der Waals surface area contributed by atoms with Gasteiger partial charge in [-0.1, -0.05) is 43.8 Å². The second kappa shape index (κ2) is 6.73. The minimum absolute atomic E-state index is 0.265. The molecule has 0 amide bonds. The fourth-order valence-electron chi connectivity index (χ4n) is 1.77. The first-order chi connectivity index (χ1) is 8.91. The van der Waals surface area contributed by atoms with Crippen molar-refractivity contribution < 1.29 is 19.4 Å². The minimum Gasteiger partial charge on any atom is -0.481 e. The van der Waals surface area contributed by atoms with Crippen LogP contribution in [0.5, 0.6) is 0 Å². The van der Waals surface area contributed by atoms with Gasteiger partial charge in [-0.2, -0.15) is 0 Å². The van der Waals surface area contributed by atoms with Crippen molar-refractivity contribution in [2.75, 3.05) is 0 Å². The van der Waals surface area contributed by atoms with Crippen molar-refractivity contribution >= 4 is 11.9 Å². The Morgan fingerprint density at radius 3 is 2.37 bits per heavy atom. The average Bonchev–Trinajstić information content (AvgIpc) is 2.35. The Morgan fingerprint density at radius 1 is 1.32 bits per heavy atom. The maximum Gasteiger partial charge on any atom is 0.314 e. The van der Waals surface area contributed by atoms with Crippen LogP contribution in [0.1, 0.15) is 19.4 Å². The third-order valence-corrected chi connectivity index (χ3v) is 2.87. The van der Waals surface area contributed by atoms with Crippen LogP contribution in [0.15, 0.2) is 42.7 Å². The summed E-state index contributed by atoms with van der Waals surface area (Å²) < 4.78 is 4.88. The summed E-state index contributed by atoms with van der Waals surface area (Å²) in [6, 6.07) is 9.22. The minimum atomic E-state index is -1.00. The third-order valence-electron chi connectivity index (χ3n) is 2.87. The summed E-state index contributed by atoms with van der Waals surface area (Å²) in [4.78, 5) is 23.0. The molecule has 102 valence electrons. The zero-order valence-corrected chi connectivity index (χ0v) is 11.1. The normalized spacial score (nSPS) is 13.4. The molecule has 4 nitrogen and oxygen atoms in total. The van der Waals surface area contributed by atoms with Crippen molar-refractivity contribution in [1.29, 1.82) is 0 Å². The number of carboxylic acid groups (broad SMARTS) is 1. The fraction of sp³-hybridized carbons (Fsp3) is 0.333. The molecule has 1 N–H and O–H groups in total. The monoisotopic (exact) mass is 262 g/mol. The second-order valence-electron chi connectivity index (χ2n) is 4.55. The molecule has 19 heavy (non-hydrogen) atoms. The Kier molecular flexibility index (Phi) is 5.30. The number of carbonyl (C=O) groups is 2. The Morgan fingerprint density at radius 2 is 1.89 bits per heavy atom. The van der Waals surface area contributed by atoms with Crippen LogP contribution in [0, 0.1) is 11.8 Å². The number of aliphatic carboxylic acids is 1. The molecular weight excluding hydrogens is 244 g/mol. The number of carbonyl (C=O) groups excluding carboxylic acids is 1. The van der Waals surface area contributed by atoms with Crippen molar-refractivity contribution in [1.82, 2.24) is 0 Å². The quantitative estimate of drug-likeness (QED) is 0.632. The van der Waals surface area contributed by atoms with E-state index in [4.69, 9.17) is 4.74 Å². The van der Waals surface area contributed by atoms with Crippen molar-refractivity contribution in [3.63, 3.8) is 0 Å². The summed E-state index contributed by atoms with van der Waals surface area (Å²) in [5.74, 6) is -2.84. The average molecular weight is 262 g/mol. The Labute approximate surface area is 112 Å². The van der Waals surface area contributed by atoms with Gasteiger partial charge in [0.05, 0.1) is 17.6 Å². The summed E-state index contributed by atoms with van der Waals surface area (Å²) in [6.07, 6.45) is 0.294. The predicted octanol–water partition coefficient (Wildman–Crippen LogP) is 2.64. The lowest BCUT2D eigenvalue weighted by molar-refractivity contribution is -0.154. The molecular formula is C15H18O4. The number of ether oxygens (including phenoxy) is 1. The van der Waals surface area contributed by atoms with Gasteiger partial charge in [-0.3, -0.25) is 9.59 Å². The molecule has 0 aliphatic carbocycles. The molecule has 0 aromatic heterocycles. The van der Waals surface area contributed by atoms with Crippen molar-refractivity contribution in [3.8, 4) is 0 Å². The number of benzene rings is 1. The van der Waals surface area contributed by atoms with Gasteiger partial charge in [0.15, 0.2) is 0 Å². The van der Waals surface area contributed by atoms with Gasteiger partial charge in [0.2, 0.25) is 0 Å². The first-order valence-corrected chi connectivity index (χ1v) is 6.05. The molecule has 0 bridgehead atoms. The van der Waals surface area contributed by atoms with Crippen molar-refractivity contribution in [3.05, 3.63) is 48.2 Å². The van der Waals surface area contributed by atoms with E-state index in [0.717, 1.165) is 5.56 Å². The number of hydrogen-bond donors (Lipinski definition) is 1. The Bertz CT molecular complexity index is 464. The summed E-state index contributed by atoms with van der Waals surface area (Å²) in [5, 5.41) is 9.26. The highest BCUT2D eigenvalue weighted by Gasteiger charge is 2.31. The van der Waals surface area contributed by atoms with E-state index in [-0.39, 0.29) is 5.76 Å². The summed E-state index contributed by atoms with van der Waals surface area (Å²) in [7, 11) is 0. The van der Waals surface area contributed by atoms with Crippen molar-refractivity contribution in [2.24, 2.45) is 11.8 Å². The van der Waals surface area contributed by atoms with E-state index in [1.54, 1.807) is 13.8 Å². The van der Waals surface area contributed by atoms with Gasteiger partial charge in [-0.15, -0.1) is 0 Å². The largest absolute Gasteiger partial charge is 0.481 e. The van der Waals surface area contributed by atoms with Gasteiger partial charge in [-0.25, -0.2) is 0 Å². The summed E-state index contributed by atoms with van der Waals surface area (Å²) in [6.45, 7) is 6.59. The van der Waals surface area contributed by atoms with Gasteiger partial charge in [-0.05, 0) is 18.9 Å². The number of rotatable bonds is 6. The zero-order valence-electron chi connectivity index (χ0n) is 11.1. The Hall–Kier alpha value is -2.10. The molecule has 0 saturated carbocycles. The molecule has 0 heterocycles. The van der Waals surface area contributed by atoms with Gasteiger partial charge in [0, 0.05) is 0 Å². The van der Waals surface area contributed by atoms with Crippen LogP contribution in [-0.4, -0.2) is 17.0 Å². The highest BCUT2D eigenvalue weighted by Crippen LogP contribution is 2.20. The second-order valence-corrected chi connectivity index (χ2v) is 4.55. The number of allylic oxidation sites excluding steroid dienone is 1. The lowest BCUT2D eigenvalue weighted by Crippen LogP contribution is -2.30. The van der Waals surface area contributed by atoms with E-state index < -0.39 is 23.8 Å². The van der Waals surface area contributed by atoms with E-state index >= 15 is 0 Å². The standard InChI is InChI=1S/C15H18O4/c1-10(2)19-15(18)11(3)13(14(16)17)9-12-7-5-4-6-8-12/h4-8,11,13H,1,9H2,2-3H3,(H,16,17)/t11?,13-/m1/s1. The molecule has 1 aromatic rings. The van der Waals surface area contributed by atoms with Gasteiger partial charge in [0.1, 0.15) is 0 Å². The number of esters is 1. The molecule has 0 aliphatic rings. The van der Waals surface area contributed by atoms with Crippen LogP contribution in [0.2, 0.25) is 0 Å². The highest BCUT2D eigenvalue weighted by molar-refractivity contribution is 5.81. The van der Waals surface area contributed by atoms with Gasteiger partial charge in [0.25, 0.3) is 0 Å². The van der Waals surface area contributed by atoms with E-state index in [1.165, 1.54) is 0 Å². The van der Waals surface area contributed by atoms with Crippen LogP contribution in [0.4, 0.5) is 0 Å². The molecule has 0 spiro atoms. The highest BCUT2D eigenvalue weighted by atomic mass is 16.5. The lowest BCUT2D eigenvalue weighted by atomic mass is 9.88. The maximum absolute atomic E-state index is 11.7. The molecule has 1 rings (SSSR count). The van der Waals surface area contributed by atoms with E-state index in [0.29, 0.717) is 6.42 Å². The summed E-state index contributed by atoms with van der Waals surface area (Å²) in [5.41, 5.74) is 0.880. The van der Waals surface area contributed by atoms with E-state index in [9.17, 15) is 14.7 Å². The maximum atomic E-state index is 11.7. The molecule has 0 aliphatic heterocycles. The SMILES string of the molecule is C=C(C)OC(=O)C(C)[C@@H](Cc1ccccc1)C(=O)O. The molecule has 0 radical (unpaired) electrons. The molecule has 1 aromatic carbocycles. The van der Waals surface area contributed by atoms with E-state index in [2.05, 4.69) is 6.58 Å². The fourth-order valence-corrected chi connectivity index (χ4v) is 1.77.